The summed E-state index contributed by atoms with van der Waals surface area (Å²) in [6.45, 7) is -0.554. The van der Waals surface area contributed by atoms with Gasteiger partial charge in [-0.25, -0.2) is 8.42 Å². The van der Waals surface area contributed by atoms with Gasteiger partial charge in [-0.3, -0.25) is 9.10 Å². The summed E-state index contributed by atoms with van der Waals surface area (Å²) in [5, 5.41) is 0.783. The molecule has 0 N–H and O–H groups in total. The summed E-state index contributed by atoms with van der Waals surface area (Å²) in [6.07, 6.45) is 0. The quantitative estimate of drug-likeness (QED) is 0.701. The van der Waals surface area contributed by atoms with Gasteiger partial charge in [0, 0.05) is 10.0 Å². The Hall–Kier alpha value is -1.47. The van der Waals surface area contributed by atoms with Gasteiger partial charge in [0.2, 0.25) is 0 Å². The van der Waals surface area contributed by atoms with Gasteiger partial charge in [-0.1, -0.05) is 34.8 Å². The van der Waals surface area contributed by atoms with Crippen LogP contribution < -0.4 is 4.31 Å². The molecule has 0 aromatic heterocycles. The molecule has 0 aliphatic rings. The number of hydrogen-bond acceptors (Lipinski definition) is 4. The van der Waals surface area contributed by atoms with E-state index in [1.54, 1.807) is 0 Å². The Morgan fingerprint density at radius 1 is 1.04 bits per heavy atom. The van der Waals surface area contributed by atoms with Crippen LogP contribution in [0.4, 0.5) is 5.69 Å². The molecule has 0 aliphatic heterocycles. The number of esters is 1. The minimum Gasteiger partial charge on any atom is -0.468 e. The van der Waals surface area contributed by atoms with E-state index >= 15 is 0 Å². The number of benzene rings is 2. The van der Waals surface area contributed by atoms with Crippen molar-refractivity contribution in [3.63, 3.8) is 0 Å². The number of rotatable bonds is 5. The molecule has 2 aromatic carbocycles. The molecule has 2 aromatic rings. The van der Waals surface area contributed by atoms with Gasteiger partial charge in [0.25, 0.3) is 10.0 Å². The highest BCUT2D eigenvalue weighted by atomic mass is 35.5. The predicted octanol–water partition coefficient (Wildman–Crippen LogP) is 4.02. The van der Waals surface area contributed by atoms with Gasteiger partial charge in [0.05, 0.1) is 22.7 Å². The van der Waals surface area contributed by atoms with Crippen molar-refractivity contribution in [1.82, 2.24) is 0 Å². The van der Waals surface area contributed by atoms with Crippen LogP contribution in [-0.4, -0.2) is 28.0 Å². The van der Waals surface area contributed by atoms with Crippen LogP contribution >= 0.6 is 34.8 Å². The van der Waals surface area contributed by atoms with E-state index in [-0.39, 0.29) is 20.6 Å². The lowest BCUT2D eigenvalue weighted by molar-refractivity contribution is -0.138. The zero-order valence-electron chi connectivity index (χ0n) is 12.4. The van der Waals surface area contributed by atoms with Gasteiger partial charge in [-0.15, -0.1) is 0 Å². The molecule has 0 saturated carbocycles. The summed E-state index contributed by atoms with van der Waals surface area (Å²) < 4.78 is 31.3. The summed E-state index contributed by atoms with van der Waals surface area (Å²) in [4.78, 5) is 11.6. The molecule has 0 atom stereocenters. The molecule has 0 bridgehead atoms. The molecule has 9 heteroatoms. The molecule has 2 rings (SSSR count). The van der Waals surface area contributed by atoms with Crippen molar-refractivity contribution in [3.8, 4) is 0 Å². The van der Waals surface area contributed by atoms with E-state index in [2.05, 4.69) is 4.74 Å². The summed E-state index contributed by atoms with van der Waals surface area (Å²) in [5.41, 5.74) is 0.0736. The lowest BCUT2D eigenvalue weighted by Gasteiger charge is -2.24. The van der Waals surface area contributed by atoms with Crippen LogP contribution in [0.25, 0.3) is 0 Å². The third-order valence-electron chi connectivity index (χ3n) is 3.08. The van der Waals surface area contributed by atoms with Crippen molar-refractivity contribution in [2.45, 2.75) is 4.90 Å². The first kappa shape index (κ1) is 18.9. The molecule has 0 amide bonds. The monoisotopic (exact) mass is 407 g/mol. The Bertz CT molecular complexity index is 854. The second-order valence-corrected chi connectivity index (χ2v) is 7.78. The number of halogens is 3. The number of methoxy groups -OCH3 is 1. The molecule has 0 spiro atoms. The zero-order chi connectivity index (χ0) is 17.9. The molecular formula is C15H12Cl3NO4S. The molecule has 24 heavy (non-hydrogen) atoms. The van der Waals surface area contributed by atoms with E-state index in [0.29, 0.717) is 5.02 Å². The average molecular weight is 409 g/mol. The van der Waals surface area contributed by atoms with Gasteiger partial charge in [-0.05, 0) is 42.5 Å². The molecule has 0 saturated heterocycles. The zero-order valence-corrected chi connectivity index (χ0v) is 15.5. The number of sulfonamides is 1. The van der Waals surface area contributed by atoms with E-state index in [1.807, 2.05) is 0 Å². The number of hydrogen-bond donors (Lipinski definition) is 0. The largest absolute Gasteiger partial charge is 0.468 e. The van der Waals surface area contributed by atoms with Crippen molar-refractivity contribution in [3.05, 3.63) is 57.5 Å². The summed E-state index contributed by atoms with van der Waals surface area (Å²) >= 11 is 17.8. The predicted molar refractivity (Wildman–Crippen MR) is 94.5 cm³/mol. The average Bonchev–Trinajstić information content (AvgIpc) is 2.55. The van der Waals surface area contributed by atoms with Crippen molar-refractivity contribution in [2.24, 2.45) is 0 Å². The normalized spacial score (nSPS) is 11.2. The summed E-state index contributed by atoms with van der Waals surface area (Å²) in [6, 6.07) is 9.86. The smallest absolute Gasteiger partial charge is 0.326 e. The van der Waals surface area contributed by atoms with Gasteiger partial charge in [0.15, 0.2) is 0 Å². The number of nitrogens with zero attached hydrogens (tertiary/aromatic N) is 1. The van der Waals surface area contributed by atoms with Crippen molar-refractivity contribution >= 4 is 56.5 Å². The first-order valence-corrected chi connectivity index (χ1v) is 9.13. The Balaban J connectivity index is 2.59. The highest BCUT2D eigenvalue weighted by Gasteiger charge is 2.29. The summed E-state index contributed by atoms with van der Waals surface area (Å²) in [7, 11) is -2.92. The molecule has 0 radical (unpaired) electrons. The Labute approximate surface area is 154 Å². The van der Waals surface area contributed by atoms with Crippen LogP contribution in [0.15, 0.2) is 47.4 Å². The van der Waals surface area contributed by atoms with Gasteiger partial charge >= 0.3 is 5.97 Å². The highest BCUT2D eigenvalue weighted by Crippen LogP contribution is 2.33. The van der Waals surface area contributed by atoms with E-state index in [4.69, 9.17) is 34.8 Å². The Kier molecular flexibility index (Phi) is 5.98. The third-order valence-corrected chi connectivity index (χ3v) is 5.66. The van der Waals surface area contributed by atoms with E-state index in [0.717, 1.165) is 11.4 Å². The van der Waals surface area contributed by atoms with Crippen molar-refractivity contribution in [1.29, 1.82) is 0 Å². The maximum absolute atomic E-state index is 12.9. The van der Waals surface area contributed by atoms with Gasteiger partial charge in [-0.2, -0.15) is 0 Å². The summed E-state index contributed by atoms with van der Waals surface area (Å²) in [5.74, 6) is -0.747. The van der Waals surface area contributed by atoms with Crippen molar-refractivity contribution < 1.29 is 17.9 Å². The fourth-order valence-electron chi connectivity index (χ4n) is 1.89. The van der Waals surface area contributed by atoms with E-state index < -0.39 is 22.5 Å². The lowest BCUT2D eigenvalue weighted by atomic mass is 10.3. The molecular weight excluding hydrogens is 397 g/mol. The maximum atomic E-state index is 12.9. The first-order valence-electron chi connectivity index (χ1n) is 6.56. The molecule has 128 valence electrons. The minimum absolute atomic E-state index is 0.0492. The number of carbonyl (C=O) groups is 1. The first-order chi connectivity index (χ1) is 11.3. The van der Waals surface area contributed by atoms with E-state index in [1.165, 1.54) is 42.5 Å². The fraction of sp³-hybridized carbons (Fsp3) is 0.133. The maximum Gasteiger partial charge on any atom is 0.326 e. The van der Waals surface area contributed by atoms with E-state index in [9.17, 15) is 13.2 Å². The minimum atomic E-state index is -4.08. The molecule has 0 fully saturated rings. The topological polar surface area (TPSA) is 63.7 Å². The van der Waals surface area contributed by atoms with Crippen molar-refractivity contribution in [2.75, 3.05) is 18.0 Å². The van der Waals surface area contributed by atoms with Gasteiger partial charge < -0.3 is 4.74 Å². The van der Waals surface area contributed by atoms with Crippen LogP contribution in [-0.2, 0) is 19.6 Å². The second-order valence-electron chi connectivity index (χ2n) is 4.64. The molecule has 0 heterocycles. The lowest BCUT2D eigenvalue weighted by Crippen LogP contribution is -2.36. The SMILES string of the molecule is COC(=O)CN(c1cc(Cl)ccc1Cl)S(=O)(=O)c1ccc(Cl)cc1. The fourth-order valence-corrected chi connectivity index (χ4v) is 3.87. The number of ether oxygens (including phenoxy) is 1. The standard InChI is InChI=1S/C15H12Cl3NO4S/c1-23-15(20)9-19(14-8-11(17)4-7-13(14)18)24(21,22)12-5-2-10(16)3-6-12/h2-8H,9H2,1H3. The third kappa shape index (κ3) is 4.13. The highest BCUT2D eigenvalue weighted by molar-refractivity contribution is 7.92. The van der Waals surface area contributed by atoms with Crippen LogP contribution in [0, 0.1) is 0 Å². The van der Waals surface area contributed by atoms with Crippen LogP contribution in [0.3, 0.4) is 0 Å². The molecule has 5 nitrogen and oxygen atoms in total. The number of carbonyl (C=O) groups excluding carboxylic acids is 1. The van der Waals surface area contributed by atoms with Gasteiger partial charge in [0.1, 0.15) is 6.54 Å². The van der Waals surface area contributed by atoms with Crippen LogP contribution in [0.2, 0.25) is 15.1 Å². The Morgan fingerprint density at radius 3 is 2.21 bits per heavy atom. The van der Waals surface area contributed by atoms with Crippen LogP contribution in [0.5, 0.6) is 0 Å². The van der Waals surface area contributed by atoms with Crippen LogP contribution in [0.1, 0.15) is 0 Å². The molecule has 0 unspecified atom stereocenters. The Morgan fingerprint density at radius 2 is 1.62 bits per heavy atom. The second kappa shape index (κ2) is 7.61. The number of anilines is 1. The molecule has 0 aliphatic carbocycles.